The largest absolute Gasteiger partial charge is 0.363 e. The maximum absolute atomic E-state index is 12.9. The van der Waals surface area contributed by atoms with Crippen molar-refractivity contribution < 1.29 is 13.2 Å². The molecule has 0 atom stereocenters. The number of imidazole rings is 1. The van der Waals surface area contributed by atoms with E-state index in [1.54, 1.807) is 24.3 Å². The van der Waals surface area contributed by atoms with Crippen molar-refractivity contribution in [1.82, 2.24) is 15.0 Å². The third kappa shape index (κ3) is 4.32. The molecule has 2 heterocycles. The van der Waals surface area contributed by atoms with Crippen molar-refractivity contribution >= 4 is 44.2 Å². The van der Waals surface area contributed by atoms with Gasteiger partial charge in [0.05, 0.1) is 39.1 Å². The fourth-order valence-corrected chi connectivity index (χ4v) is 4.18. The number of amides is 1. The Labute approximate surface area is 183 Å². The Morgan fingerprint density at radius 2 is 1.75 bits per heavy atom. The summed E-state index contributed by atoms with van der Waals surface area (Å²) in [5, 5.41) is 2.72. The highest BCUT2D eigenvalue weighted by molar-refractivity contribution is 7.92. The molecule has 4 N–H and O–H groups in total. The first kappa shape index (κ1) is 21.1. The van der Waals surface area contributed by atoms with Gasteiger partial charge in [-0.05, 0) is 42.5 Å². The Hall–Kier alpha value is -4.12. The molecule has 11 heteroatoms. The van der Waals surface area contributed by atoms with Crippen molar-refractivity contribution in [3.8, 4) is 0 Å². The lowest BCUT2D eigenvalue weighted by molar-refractivity contribution is 0.102. The smallest absolute Gasteiger partial charge is 0.323 e. The molecule has 0 aliphatic carbocycles. The zero-order chi connectivity index (χ0) is 22.9. The van der Waals surface area contributed by atoms with E-state index in [9.17, 15) is 18.0 Å². The van der Waals surface area contributed by atoms with Crippen LogP contribution in [0, 0.1) is 0 Å². The van der Waals surface area contributed by atoms with Gasteiger partial charge < -0.3 is 20.2 Å². The van der Waals surface area contributed by atoms with Crippen LogP contribution in [0.4, 0.5) is 17.2 Å². The zero-order valence-corrected chi connectivity index (χ0v) is 18.0. The average Bonchev–Trinajstić information content (AvgIpc) is 3.13. The minimum absolute atomic E-state index is 0.0565. The van der Waals surface area contributed by atoms with E-state index in [-0.39, 0.29) is 16.1 Å². The van der Waals surface area contributed by atoms with Crippen LogP contribution < -0.4 is 20.6 Å². The fraction of sp³-hybridized carbons (Fsp3) is 0.0952. The lowest BCUT2D eigenvalue weighted by atomic mass is 10.1. The van der Waals surface area contributed by atoms with Crippen molar-refractivity contribution in [3.05, 3.63) is 76.8 Å². The molecule has 0 radical (unpaired) electrons. The third-order valence-electron chi connectivity index (χ3n) is 4.68. The highest BCUT2D eigenvalue weighted by Gasteiger charge is 2.19. The number of sulfonamides is 1. The summed E-state index contributed by atoms with van der Waals surface area (Å²) >= 11 is 0. The van der Waals surface area contributed by atoms with Gasteiger partial charge in [0.1, 0.15) is 5.82 Å². The van der Waals surface area contributed by atoms with Gasteiger partial charge in [0.15, 0.2) is 0 Å². The van der Waals surface area contributed by atoms with Crippen LogP contribution in [0.3, 0.4) is 0 Å². The second kappa shape index (κ2) is 8.19. The van der Waals surface area contributed by atoms with E-state index in [0.29, 0.717) is 16.7 Å². The predicted octanol–water partition coefficient (Wildman–Crippen LogP) is 2.37. The maximum Gasteiger partial charge on any atom is 0.323 e. The topological polar surface area (TPSA) is 140 Å². The molecule has 0 aliphatic heterocycles. The first-order chi connectivity index (χ1) is 15.2. The van der Waals surface area contributed by atoms with E-state index in [1.165, 1.54) is 36.5 Å². The minimum atomic E-state index is -4.02. The Kier molecular flexibility index (Phi) is 5.41. The second-order valence-electron chi connectivity index (χ2n) is 7.19. The molecule has 4 aromatic rings. The highest BCUT2D eigenvalue weighted by atomic mass is 32.2. The van der Waals surface area contributed by atoms with E-state index < -0.39 is 21.6 Å². The number of carbonyl (C=O) groups excluding carboxylic acids is 1. The molecule has 0 spiro atoms. The number of rotatable bonds is 6. The van der Waals surface area contributed by atoms with Gasteiger partial charge in [0.2, 0.25) is 0 Å². The summed E-state index contributed by atoms with van der Waals surface area (Å²) in [5.41, 5.74) is 1.15. The number of hydrogen-bond acceptors (Lipinski definition) is 6. The molecule has 1 amide bonds. The number of carbonyl (C=O) groups is 1. The normalized spacial score (nSPS) is 11.3. The van der Waals surface area contributed by atoms with E-state index in [1.807, 2.05) is 19.0 Å². The van der Waals surface area contributed by atoms with Crippen molar-refractivity contribution in [2.45, 2.75) is 4.90 Å². The molecule has 0 aliphatic rings. The minimum Gasteiger partial charge on any atom is -0.363 e. The zero-order valence-electron chi connectivity index (χ0n) is 17.2. The van der Waals surface area contributed by atoms with Crippen LogP contribution in [0.15, 0.2) is 70.5 Å². The Morgan fingerprint density at radius 1 is 1.00 bits per heavy atom. The van der Waals surface area contributed by atoms with E-state index >= 15 is 0 Å². The Balaban J connectivity index is 1.59. The van der Waals surface area contributed by atoms with Gasteiger partial charge in [-0.3, -0.25) is 9.52 Å². The number of hydrogen-bond donors (Lipinski definition) is 4. The fourth-order valence-electron chi connectivity index (χ4n) is 3.08. The quantitative estimate of drug-likeness (QED) is 0.354. The third-order valence-corrected chi connectivity index (χ3v) is 6.04. The molecule has 0 fully saturated rings. The van der Waals surface area contributed by atoms with Crippen LogP contribution in [0.5, 0.6) is 0 Å². The highest BCUT2D eigenvalue weighted by Crippen LogP contribution is 2.23. The number of aromatic amines is 2. The number of pyridine rings is 1. The van der Waals surface area contributed by atoms with Crippen LogP contribution in [0.2, 0.25) is 0 Å². The lowest BCUT2D eigenvalue weighted by Gasteiger charge is -2.14. The first-order valence-corrected chi connectivity index (χ1v) is 11.0. The number of nitrogens with one attached hydrogen (secondary N) is 4. The molecular formula is C21H20N6O4S. The number of fused-ring (bicyclic) bond motifs is 1. The molecule has 0 unspecified atom stereocenters. The van der Waals surface area contributed by atoms with Gasteiger partial charge in [-0.15, -0.1) is 0 Å². The van der Waals surface area contributed by atoms with Crippen LogP contribution in [-0.4, -0.2) is 43.4 Å². The van der Waals surface area contributed by atoms with Crippen molar-refractivity contribution in [1.29, 1.82) is 0 Å². The molecule has 10 nitrogen and oxygen atoms in total. The number of para-hydroxylation sites is 1. The molecule has 0 saturated heterocycles. The number of aromatic nitrogens is 3. The molecule has 32 heavy (non-hydrogen) atoms. The molecule has 164 valence electrons. The summed E-state index contributed by atoms with van der Waals surface area (Å²) in [6, 6.07) is 13.9. The Bertz CT molecular complexity index is 1460. The molecule has 2 aromatic heterocycles. The summed E-state index contributed by atoms with van der Waals surface area (Å²) in [5.74, 6) is 0.241. The standard InChI is InChI=1S/C21H20N6O4S/c1-27(2)19-10-7-13(12-22-19)23-20(28)15-5-3-4-6-16(15)26-32(30,31)14-8-9-17-18(11-14)25-21(29)24-17/h3-12,26H,1-2H3,(H,23,28)(H2,24,25,29). The number of anilines is 3. The molecule has 4 rings (SSSR count). The van der Waals surface area contributed by atoms with Crippen LogP contribution in [0.1, 0.15) is 10.4 Å². The van der Waals surface area contributed by atoms with Gasteiger partial charge in [-0.25, -0.2) is 18.2 Å². The number of H-pyrrole nitrogens is 2. The van der Waals surface area contributed by atoms with Gasteiger partial charge in [-0.1, -0.05) is 12.1 Å². The van der Waals surface area contributed by atoms with E-state index in [0.717, 1.165) is 5.82 Å². The summed E-state index contributed by atoms with van der Waals surface area (Å²) in [6.07, 6.45) is 1.52. The van der Waals surface area contributed by atoms with Gasteiger partial charge >= 0.3 is 5.69 Å². The summed E-state index contributed by atoms with van der Waals surface area (Å²) < 4.78 is 28.3. The molecule has 2 aromatic carbocycles. The van der Waals surface area contributed by atoms with Crippen LogP contribution >= 0.6 is 0 Å². The predicted molar refractivity (Wildman–Crippen MR) is 123 cm³/mol. The van der Waals surface area contributed by atoms with Crippen LogP contribution in [0.25, 0.3) is 11.0 Å². The molecular weight excluding hydrogens is 432 g/mol. The van der Waals surface area contributed by atoms with Crippen molar-refractivity contribution in [3.63, 3.8) is 0 Å². The summed E-state index contributed by atoms with van der Waals surface area (Å²) in [4.78, 5) is 35.4. The number of nitrogens with zero attached hydrogens (tertiary/aromatic N) is 2. The SMILES string of the molecule is CN(C)c1ccc(NC(=O)c2ccccc2NS(=O)(=O)c2ccc3[nH]c(=O)[nH]c3c2)cn1. The lowest BCUT2D eigenvalue weighted by Crippen LogP contribution is -2.19. The van der Waals surface area contributed by atoms with Gasteiger partial charge in [0, 0.05) is 14.1 Å². The average molecular weight is 452 g/mol. The molecule has 0 bridgehead atoms. The Morgan fingerprint density at radius 3 is 2.47 bits per heavy atom. The number of benzene rings is 2. The van der Waals surface area contributed by atoms with E-state index in [4.69, 9.17) is 0 Å². The van der Waals surface area contributed by atoms with Gasteiger partial charge in [-0.2, -0.15) is 0 Å². The monoisotopic (exact) mass is 452 g/mol. The summed E-state index contributed by atoms with van der Waals surface area (Å²) in [7, 11) is -0.312. The first-order valence-electron chi connectivity index (χ1n) is 9.51. The van der Waals surface area contributed by atoms with E-state index in [2.05, 4.69) is 25.0 Å². The second-order valence-corrected chi connectivity index (χ2v) is 8.87. The van der Waals surface area contributed by atoms with Crippen molar-refractivity contribution in [2.75, 3.05) is 29.0 Å². The maximum atomic E-state index is 12.9. The summed E-state index contributed by atoms with van der Waals surface area (Å²) in [6.45, 7) is 0. The van der Waals surface area contributed by atoms with Crippen molar-refractivity contribution in [2.24, 2.45) is 0 Å². The molecule has 0 saturated carbocycles. The van der Waals surface area contributed by atoms with Gasteiger partial charge in [0.25, 0.3) is 15.9 Å². The van der Waals surface area contributed by atoms with Crippen LogP contribution in [-0.2, 0) is 10.0 Å².